The van der Waals surface area contributed by atoms with E-state index in [0.717, 1.165) is 23.1 Å². The van der Waals surface area contributed by atoms with Crippen LogP contribution in [0.4, 0.5) is 0 Å². The molecular weight excluding hydrogens is 304 g/mol. The molecule has 1 N–H and O–H groups in total. The highest BCUT2D eigenvalue weighted by Crippen LogP contribution is 2.20. The average molecular weight is 322 g/mol. The van der Waals surface area contributed by atoms with Crippen molar-refractivity contribution in [3.05, 3.63) is 54.0 Å². The maximum absolute atomic E-state index is 12.7. The number of pyridine rings is 1. The monoisotopic (exact) mass is 322 g/mol. The molecule has 0 radical (unpaired) electrons. The van der Waals surface area contributed by atoms with Crippen molar-refractivity contribution in [1.82, 2.24) is 19.9 Å². The number of fused-ring (bicyclic) bond motifs is 1. The molecule has 24 heavy (non-hydrogen) atoms. The summed E-state index contributed by atoms with van der Waals surface area (Å²) in [7, 11) is 0. The van der Waals surface area contributed by atoms with Crippen molar-refractivity contribution in [2.75, 3.05) is 13.1 Å². The Labute approximate surface area is 139 Å². The van der Waals surface area contributed by atoms with E-state index >= 15 is 0 Å². The number of hydrogen-bond acceptors (Lipinski definition) is 4. The van der Waals surface area contributed by atoms with Crippen molar-refractivity contribution in [3.63, 3.8) is 0 Å². The second-order valence-electron chi connectivity index (χ2n) is 6.03. The number of nitrogens with one attached hydrogen (secondary N) is 1. The molecule has 6 nitrogen and oxygen atoms in total. The third-order valence-corrected chi connectivity index (χ3v) is 4.25. The van der Waals surface area contributed by atoms with E-state index in [1.54, 1.807) is 6.33 Å². The van der Waals surface area contributed by atoms with E-state index in [4.69, 9.17) is 4.74 Å². The zero-order valence-corrected chi connectivity index (χ0v) is 13.4. The van der Waals surface area contributed by atoms with Gasteiger partial charge in [0.2, 0.25) is 5.88 Å². The number of carbonyl (C=O) groups is 1. The number of carbonyl (C=O) groups excluding carboxylic acids is 1. The number of hydrogen-bond donors (Lipinski definition) is 1. The van der Waals surface area contributed by atoms with Crippen LogP contribution in [-0.4, -0.2) is 45.0 Å². The molecule has 2 aromatic heterocycles. The number of aromatic nitrogens is 3. The van der Waals surface area contributed by atoms with Gasteiger partial charge < -0.3 is 14.6 Å². The first-order valence-electron chi connectivity index (χ1n) is 8.02. The molecule has 1 aliphatic heterocycles. The first kappa shape index (κ1) is 14.7. The Kier molecular flexibility index (Phi) is 3.65. The zero-order chi connectivity index (χ0) is 16.5. The van der Waals surface area contributed by atoms with Crippen LogP contribution in [0.15, 0.2) is 42.7 Å². The summed E-state index contributed by atoms with van der Waals surface area (Å²) in [6, 6.07) is 11.2. The molecule has 0 bridgehead atoms. The molecular formula is C18H18N4O2. The summed E-state index contributed by atoms with van der Waals surface area (Å²) in [6.07, 6.45) is 2.43. The molecule has 1 saturated heterocycles. The molecule has 4 rings (SSSR count). The first-order chi connectivity index (χ1) is 11.7. The van der Waals surface area contributed by atoms with E-state index in [1.165, 1.54) is 0 Å². The number of amides is 1. The molecule has 1 atom stereocenters. The summed E-state index contributed by atoms with van der Waals surface area (Å²) in [6.45, 7) is 3.20. The van der Waals surface area contributed by atoms with Crippen molar-refractivity contribution in [2.24, 2.45) is 0 Å². The first-order valence-corrected chi connectivity index (χ1v) is 8.02. The van der Waals surface area contributed by atoms with E-state index in [9.17, 15) is 4.79 Å². The number of rotatable bonds is 3. The number of benzene rings is 1. The van der Waals surface area contributed by atoms with E-state index < -0.39 is 0 Å². The Morgan fingerprint density at radius 3 is 3.12 bits per heavy atom. The standard InChI is InChI=1S/C18H18N4O2/c1-12-3-2-4-17(21-12)24-14-7-8-22(10-14)18(23)13-5-6-15-16(9-13)20-11-19-15/h2-6,9,11,14H,7-8,10H2,1H3,(H,19,20). The van der Waals surface area contributed by atoms with Gasteiger partial charge in [0.25, 0.3) is 5.91 Å². The lowest BCUT2D eigenvalue weighted by molar-refractivity contribution is 0.0771. The normalized spacial score (nSPS) is 17.4. The van der Waals surface area contributed by atoms with Crippen LogP contribution < -0.4 is 4.74 Å². The van der Waals surface area contributed by atoms with Crippen molar-refractivity contribution in [3.8, 4) is 5.88 Å². The third kappa shape index (κ3) is 2.82. The Morgan fingerprint density at radius 2 is 2.25 bits per heavy atom. The van der Waals surface area contributed by atoms with Gasteiger partial charge in [-0.15, -0.1) is 0 Å². The quantitative estimate of drug-likeness (QED) is 0.804. The van der Waals surface area contributed by atoms with Gasteiger partial charge in [0.05, 0.1) is 23.9 Å². The summed E-state index contributed by atoms with van der Waals surface area (Å²) >= 11 is 0. The van der Waals surface area contributed by atoms with Gasteiger partial charge in [0.1, 0.15) is 6.10 Å². The predicted molar refractivity (Wildman–Crippen MR) is 90.0 cm³/mol. The van der Waals surface area contributed by atoms with E-state index in [1.807, 2.05) is 48.2 Å². The second-order valence-corrected chi connectivity index (χ2v) is 6.03. The maximum atomic E-state index is 12.7. The van der Waals surface area contributed by atoms with Crippen molar-refractivity contribution >= 4 is 16.9 Å². The Morgan fingerprint density at radius 1 is 1.33 bits per heavy atom. The minimum atomic E-state index is -0.0147. The van der Waals surface area contributed by atoms with Crippen LogP contribution in [0.3, 0.4) is 0 Å². The van der Waals surface area contributed by atoms with Gasteiger partial charge in [-0.05, 0) is 31.2 Å². The fourth-order valence-corrected chi connectivity index (χ4v) is 3.01. The summed E-state index contributed by atoms with van der Waals surface area (Å²) in [5, 5.41) is 0. The Balaban J connectivity index is 1.44. The van der Waals surface area contributed by atoms with Crippen LogP contribution in [0.25, 0.3) is 11.0 Å². The van der Waals surface area contributed by atoms with Crippen molar-refractivity contribution < 1.29 is 9.53 Å². The van der Waals surface area contributed by atoms with Gasteiger partial charge >= 0.3 is 0 Å². The zero-order valence-electron chi connectivity index (χ0n) is 13.4. The van der Waals surface area contributed by atoms with Crippen LogP contribution in [0.5, 0.6) is 5.88 Å². The number of ether oxygens (including phenoxy) is 1. The smallest absolute Gasteiger partial charge is 0.254 e. The van der Waals surface area contributed by atoms with Crippen LogP contribution in [0, 0.1) is 6.92 Å². The largest absolute Gasteiger partial charge is 0.472 e. The van der Waals surface area contributed by atoms with E-state index in [-0.39, 0.29) is 12.0 Å². The topological polar surface area (TPSA) is 71.1 Å². The molecule has 3 heterocycles. The van der Waals surface area contributed by atoms with Gasteiger partial charge in [0.15, 0.2) is 0 Å². The molecule has 0 saturated carbocycles. The molecule has 1 aromatic carbocycles. The number of aryl methyl sites for hydroxylation is 1. The summed E-state index contributed by atoms with van der Waals surface area (Å²) in [4.78, 5) is 26.1. The number of likely N-dealkylation sites (tertiary alicyclic amines) is 1. The van der Waals surface area contributed by atoms with Crippen LogP contribution in [0.2, 0.25) is 0 Å². The van der Waals surface area contributed by atoms with Gasteiger partial charge in [-0.3, -0.25) is 4.79 Å². The number of H-pyrrole nitrogens is 1. The predicted octanol–water partition coefficient (Wildman–Crippen LogP) is 2.56. The van der Waals surface area contributed by atoms with Gasteiger partial charge in [-0.1, -0.05) is 6.07 Å². The number of imidazole rings is 1. The lowest BCUT2D eigenvalue weighted by Gasteiger charge is -2.17. The lowest BCUT2D eigenvalue weighted by atomic mass is 10.2. The molecule has 6 heteroatoms. The summed E-state index contributed by atoms with van der Waals surface area (Å²) in [5.74, 6) is 0.642. The SMILES string of the molecule is Cc1cccc(OC2CCN(C(=O)c3ccc4nc[nH]c4c3)C2)n1. The third-order valence-electron chi connectivity index (χ3n) is 4.25. The molecule has 0 spiro atoms. The minimum Gasteiger partial charge on any atom is -0.472 e. The molecule has 122 valence electrons. The summed E-state index contributed by atoms with van der Waals surface area (Å²) in [5.41, 5.74) is 3.32. The molecule has 3 aromatic rings. The highest BCUT2D eigenvalue weighted by atomic mass is 16.5. The highest BCUT2D eigenvalue weighted by molar-refractivity contribution is 5.97. The maximum Gasteiger partial charge on any atom is 0.254 e. The van der Waals surface area contributed by atoms with Crippen LogP contribution in [0.1, 0.15) is 22.5 Å². The van der Waals surface area contributed by atoms with Crippen LogP contribution in [-0.2, 0) is 0 Å². The molecule has 1 aliphatic rings. The lowest BCUT2D eigenvalue weighted by Crippen LogP contribution is -2.31. The van der Waals surface area contributed by atoms with Crippen molar-refractivity contribution in [1.29, 1.82) is 0 Å². The molecule has 0 aliphatic carbocycles. The average Bonchev–Trinajstić information content (AvgIpc) is 3.22. The van der Waals surface area contributed by atoms with Crippen LogP contribution >= 0.6 is 0 Å². The number of nitrogens with zero attached hydrogens (tertiary/aromatic N) is 3. The van der Waals surface area contributed by atoms with Gasteiger partial charge in [-0.25, -0.2) is 9.97 Å². The highest BCUT2D eigenvalue weighted by Gasteiger charge is 2.28. The fraction of sp³-hybridized carbons (Fsp3) is 0.278. The molecule has 1 unspecified atom stereocenters. The second kappa shape index (κ2) is 5.96. The minimum absolute atomic E-state index is 0.0147. The summed E-state index contributed by atoms with van der Waals surface area (Å²) < 4.78 is 5.91. The Bertz CT molecular complexity index is 889. The van der Waals surface area contributed by atoms with Gasteiger partial charge in [0, 0.05) is 30.3 Å². The molecule has 1 amide bonds. The Hall–Kier alpha value is -2.89. The van der Waals surface area contributed by atoms with Gasteiger partial charge in [-0.2, -0.15) is 0 Å². The number of aromatic amines is 1. The molecule has 1 fully saturated rings. The fourth-order valence-electron chi connectivity index (χ4n) is 3.01. The van der Waals surface area contributed by atoms with Crippen molar-refractivity contribution in [2.45, 2.75) is 19.4 Å². The van der Waals surface area contributed by atoms with E-state index in [2.05, 4.69) is 15.0 Å². The van der Waals surface area contributed by atoms with E-state index in [0.29, 0.717) is 24.5 Å².